The summed E-state index contributed by atoms with van der Waals surface area (Å²) in [5, 5.41) is 8.97. The largest absolute Gasteiger partial charge is 0.478 e. The summed E-state index contributed by atoms with van der Waals surface area (Å²) in [6.45, 7) is 5.67. The van der Waals surface area contributed by atoms with Crippen LogP contribution in [0.3, 0.4) is 0 Å². The molecule has 0 aliphatic heterocycles. The molecule has 0 amide bonds. The van der Waals surface area contributed by atoms with Crippen LogP contribution in [0.25, 0.3) is 17.2 Å². The lowest BCUT2D eigenvalue weighted by atomic mass is 9.94. The van der Waals surface area contributed by atoms with E-state index in [-0.39, 0.29) is 0 Å². The van der Waals surface area contributed by atoms with Gasteiger partial charge in [0.15, 0.2) is 0 Å². The van der Waals surface area contributed by atoms with Crippen molar-refractivity contribution < 1.29 is 9.90 Å². The van der Waals surface area contributed by atoms with Crippen molar-refractivity contribution in [2.24, 2.45) is 0 Å². The molecule has 0 aliphatic carbocycles. The van der Waals surface area contributed by atoms with Gasteiger partial charge in [0.2, 0.25) is 0 Å². The van der Waals surface area contributed by atoms with Gasteiger partial charge in [0.05, 0.1) is 0 Å². The second-order valence-electron chi connectivity index (χ2n) is 5.02. The Balaban J connectivity index is 2.50. The molecule has 0 aliphatic rings. The van der Waals surface area contributed by atoms with E-state index in [1.54, 1.807) is 13.0 Å². The van der Waals surface area contributed by atoms with E-state index in [0.717, 1.165) is 16.7 Å². The SMILES string of the molecule is C/C(=C\c1cc(C)c(-c2ccccc2)cc1C)C(=O)O. The van der Waals surface area contributed by atoms with Crippen LogP contribution in [0.5, 0.6) is 0 Å². The molecule has 20 heavy (non-hydrogen) atoms. The summed E-state index contributed by atoms with van der Waals surface area (Å²) in [6, 6.07) is 14.4. The van der Waals surface area contributed by atoms with Gasteiger partial charge in [-0.25, -0.2) is 4.79 Å². The standard InChI is InChI=1S/C18H18O2/c1-12-11-17(15-7-5-4-6-8-15)13(2)9-16(12)10-14(3)18(19)20/h4-11H,1-3H3,(H,19,20)/b14-10+. The van der Waals surface area contributed by atoms with E-state index in [0.29, 0.717) is 5.57 Å². The van der Waals surface area contributed by atoms with E-state index in [1.165, 1.54) is 11.1 Å². The maximum atomic E-state index is 10.9. The number of carboxylic acids is 1. The molecular formula is C18H18O2. The third-order valence-corrected chi connectivity index (χ3v) is 3.41. The van der Waals surface area contributed by atoms with Gasteiger partial charge in [-0.15, -0.1) is 0 Å². The summed E-state index contributed by atoms with van der Waals surface area (Å²) < 4.78 is 0. The Morgan fingerprint density at radius 3 is 2.30 bits per heavy atom. The van der Waals surface area contributed by atoms with Gasteiger partial charge < -0.3 is 5.11 Å². The third kappa shape index (κ3) is 2.97. The molecule has 0 atom stereocenters. The lowest BCUT2D eigenvalue weighted by molar-refractivity contribution is -0.132. The van der Waals surface area contributed by atoms with Crippen LogP contribution in [0.4, 0.5) is 0 Å². The molecule has 0 fully saturated rings. The molecule has 2 aromatic carbocycles. The van der Waals surface area contributed by atoms with Gasteiger partial charge in [-0.2, -0.15) is 0 Å². The normalized spacial score (nSPS) is 11.4. The van der Waals surface area contributed by atoms with E-state index < -0.39 is 5.97 Å². The zero-order valence-corrected chi connectivity index (χ0v) is 12.0. The molecule has 2 heteroatoms. The Labute approximate surface area is 119 Å². The zero-order chi connectivity index (χ0) is 14.7. The van der Waals surface area contributed by atoms with E-state index in [4.69, 9.17) is 5.11 Å². The van der Waals surface area contributed by atoms with Crippen LogP contribution in [-0.2, 0) is 4.79 Å². The maximum Gasteiger partial charge on any atom is 0.331 e. The van der Waals surface area contributed by atoms with Gasteiger partial charge in [-0.1, -0.05) is 42.5 Å². The van der Waals surface area contributed by atoms with Gasteiger partial charge >= 0.3 is 5.97 Å². The van der Waals surface area contributed by atoms with Crippen molar-refractivity contribution in [2.75, 3.05) is 0 Å². The molecule has 0 aromatic heterocycles. The molecule has 0 saturated carbocycles. The molecule has 2 nitrogen and oxygen atoms in total. The molecule has 2 aromatic rings. The predicted molar refractivity (Wildman–Crippen MR) is 82.6 cm³/mol. The molecule has 0 heterocycles. The quantitative estimate of drug-likeness (QED) is 0.833. The van der Waals surface area contributed by atoms with Crippen LogP contribution in [0, 0.1) is 13.8 Å². The number of hydrogen-bond acceptors (Lipinski definition) is 1. The van der Waals surface area contributed by atoms with Crippen LogP contribution in [0.2, 0.25) is 0 Å². The molecule has 0 unspecified atom stereocenters. The van der Waals surface area contributed by atoms with Crippen LogP contribution < -0.4 is 0 Å². The summed E-state index contributed by atoms with van der Waals surface area (Å²) in [5.74, 6) is -0.880. The zero-order valence-electron chi connectivity index (χ0n) is 12.0. The van der Waals surface area contributed by atoms with Gasteiger partial charge in [0.25, 0.3) is 0 Å². The van der Waals surface area contributed by atoms with E-state index in [2.05, 4.69) is 25.1 Å². The molecule has 1 N–H and O–H groups in total. The van der Waals surface area contributed by atoms with E-state index in [1.807, 2.05) is 31.2 Å². The monoisotopic (exact) mass is 266 g/mol. The van der Waals surface area contributed by atoms with Crippen molar-refractivity contribution in [3.63, 3.8) is 0 Å². The van der Waals surface area contributed by atoms with E-state index >= 15 is 0 Å². The first-order chi connectivity index (χ1) is 9.49. The predicted octanol–water partition coefficient (Wildman–Crippen LogP) is 4.46. The summed E-state index contributed by atoms with van der Waals surface area (Å²) in [6.07, 6.45) is 1.72. The molecular weight excluding hydrogens is 248 g/mol. The second-order valence-corrected chi connectivity index (χ2v) is 5.02. The second kappa shape index (κ2) is 5.74. The molecule has 0 saturated heterocycles. The van der Waals surface area contributed by atoms with Gasteiger partial charge in [-0.3, -0.25) is 0 Å². The smallest absolute Gasteiger partial charge is 0.331 e. The lowest BCUT2D eigenvalue weighted by Gasteiger charge is -2.11. The fourth-order valence-corrected chi connectivity index (χ4v) is 2.22. The molecule has 2 rings (SSSR count). The number of carboxylic acid groups (broad SMARTS) is 1. The van der Waals surface area contributed by atoms with Crippen molar-refractivity contribution in [2.45, 2.75) is 20.8 Å². The molecule has 0 bridgehead atoms. The van der Waals surface area contributed by atoms with Crippen LogP contribution in [0.1, 0.15) is 23.6 Å². The summed E-state index contributed by atoms with van der Waals surface area (Å²) >= 11 is 0. The minimum absolute atomic E-state index is 0.347. The first-order valence-corrected chi connectivity index (χ1v) is 6.57. The van der Waals surface area contributed by atoms with Crippen LogP contribution in [-0.4, -0.2) is 11.1 Å². The number of aryl methyl sites for hydroxylation is 2. The van der Waals surface area contributed by atoms with Crippen molar-refractivity contribution in [1.29, 1.82) is 0 Å². The van der Waals surface area contributed by atoms with Crippen LogP contribution >= 0.6 is 0 Å². The number of aliphatic carboxylic acids is 1. The first kappa shape index (κ1) is 14.1. The van der Waals surface area contributed by atoms with Gasteiger partial charge in [-0.05, 0) is 54.7 Å². The highest BCUT2D eigenvalue weighted by molar-refractivity contribution is 5.92. The average molecular weight is 266 g/mol. The fraction of sp³-hybridized carbons (Fsp3) is 0.167. The van der Waals surface area contributed by atoms with Gasteiger partial charge in [0.1, 0.15) is 0 Å². The first-order valence-electron chi connectivity index (χ1n) is 6.57. The topological polar surface area (TPSA) is 37.3 Å². The average Bonchev–Trinajstić information content (AvgIpc) is 2.43. The minimum Gasteiger partial charge on any atom is -0.478 e. The molecule has 0 spiro atoms. The van der Waals surface area contributed by atoms with Crippen molar-refractivity contribution >= 4 is 12.0 Å². The summed E-state index contributed by atoms with van der Waals surface area (Å²) in [7, 11) is 0. The Kier molecular flexibility index (Phi) is 4.04. The highest BCUT2D eigenvalue weighted by Gasteiger charge is 2.07. The Hall–Kier alpha value is -2.35. The highest BCUT2D eigenvalue weighted by atomic mass is 16.4. The maximum absolute atomic E-state index is 10.9. The number of rotatable bonds is 3. The van der Waals surface area contributed by atoms with Gasteiger partial charge in [0, 0.05) is 5.57 Å². The van der Waals surface area contributed by atoms with E-state index in [9.17, 15) is 4.79 Å². The number of carbonyl (C=O) groups is 1. The number of benzene rings is 2. The Morgan fingerprint density at radius 1 is 1.05 bits per heavy atom. The Morgan fingerprint density at radius 2 is 1.70 bits per heavy atom. The highest BCUT2D eigenvalue weighted by Crippen LogP contribution is 2.27. The third-order valence-electron chi connectivity index (χ3n) is 3.41. The van der Waals surface area contributed by atoms with Crippen LogP contribution in [0.15, 0.2) is 48.0 Å². The molecule has 102 valence electrons. The molecule has 0 radical (unpaired) electrons. The minimum atomic E-state index is -0.880. The van der Waals surface area contributed by atoms with Crippen molar-refractivity contribution in [3.05, 3.63) is 64.7 Å². The van der Waals surface area contributed by atoms with Crippen molar-refractivity contribution in [1.82, 2.24) is 0 Å². The summed E-state index contributed by atoms with van der Waals surface area (Å²) in [5.41, 5.74) is 5.90. The Bertz CT molecular complexity index is 667. The van der Waals surface area contributed by atoms with Crippen molar-refractivity contribution in [3.8, 4) is 11.1 Å². The number of hydrogen-bond donors (Lipinski definition) is 1. The fourth-order valence-electron chi connectivity index (χ4n) is 2.22. The summed E-state index contributed by atoms with van der Waals surface area (Å²) in [4.78, 5) is 10.9. The lowest BCUT2D eigenvalue weighted by Crippen LogP contribution is -1.96.